The molecule has 0 unspecified atom stereocenters. The van der Waals surface area contributed by atoms with Crippen molar-refractivity contribution in [3.8, 4) is 0 Å². The van der Waals surface area contributed by atoms with Crippen LogP contribution in [0.15, 0.2) is 6.07 Å². The predicted molar refractivity (Wildman–Crippen MR) is 88.0 cm³/mol. The molecule has 8 nitrogen and oxygen atoms in total. The van der Waals surface area contributed by atoms with Crippen LogP contribution in [-0.4, -0.2) is 62.1 Å². The number of pyridine rings is 1. The van der Waals surface area contributed by atoms with Crippen LogP contribution >= 0.6 is 0 Å². The summed E-state index contributed by atoms with van der Waals surface area (Å²) in [6.07, 6.45) is 1.84. The number of anilines is 1. The van der Waals surface area contributed by atoms with Crippen molar-refractivity contribution < 1.29 is 14.5 Å². The van der Waals surface area contributed by atoms with Gasteiger partial charge in [0.15, 0.2) is 0 Å². The molecule has 1 aromatic rings. The van der Waals surface area contributed by atoms with Crippen LogP contribution in [0.2, 0.25) is 0 Å². The summed E-state index contributed by atoms with van der Waals surface area (Å²) in [5.74, 6) is -0.537. The molecule has 0 aromatic carbocycles. The Morgan fingerprint density at radius 3 is 2.43 bits per heavy atom. The third kappa shape index (κ3) is 5.17. The molecule has 1 rings (SSSR count). The van der Waals surface area contributed by atoms with Crippen molar-refractivity contribution in [2.24, 2.45) is 0 Å². The first-order valence-corrected chi connectivity index (χ1v) is 7.38. The fourth-order valence-electron chi connectivity index (χ4n) is 2.24. The number of hydrogen-bond donors (Lipinski definition) is 0. The second-order valence-electron chi connectivity index (χ2n) is 5.66. The molecule has 0 N–H and O–H groups in total. The van der Waals surface area contributed by atoms with Gasteiger partial charge in [0.1, 0.15) is 5.56 Å². The Balaban J connectivity index is 3.06. The normalized spacial score (nSPS) is 10.7. The predicted octanol–water partition coefficient (Wildman–Crippen LogP) is 1.86. The highest BCUT2D eigenvalue weighted by Crippen LogP contribution is 2.30. The molecule has 0 aliphatic rings. The van der Waals surface area contributed by atoms with Gasteiger partial charge >= 0.3 is 11.7 Å². The third-order valence-electron chi connectivity index (χ3n) is 3.40. The van der Waals surface area contributed by atoms with Gasteiger partial charge in [0.25, 0.3) is 0 Å². The minimum atomic E-state index is -0.732. The molecular weight excluding hydrogens is 300 g/mol. The zero-order valence-electron chi connectivity index (χ0n) is 14.3. The van der Waals surface area contributed by atoms with E-state index in [0.29, 0.717) is 12.2 Å². The lowest BCUT2D eigenvalue weighted by atomic mass is 10.1. The Kier molecular flexibility index (Phi) is 6.89. The van der Waals surface area contributed by atoms with E-state index in [0.717, 1.165) is 19.4 Å². The summed E-state index contributed by atoms with van der Waals surface area (Å²) in [5.41, 5.74) is 0.156. The number of nitrogens with zero attached hydrogens (tertiary/aromatic N) is 4. The van der Waals surface area contributed by atoms with E-state index in [2.05, 4.69) is 14.6 Å². The summed E-state index contributed by atoms with van der Waals surface area (Å²) in [5, 5.41) is 11.4. The van der Waals surface area contributed by atoms with Gasteiger partial charge in [-0.25, -0.2) is 9.78 Å². The summed E-state index contributed by atoms with van der Waals surface area (Å²) < 4.78 is 4.65. The molecule has 0 radical (unpaired) electrons. The lowest BCUT2D eigenvalue weighted by Crippen LogP contribution is -2.24. The molecule has 0 aliphatic carbocycles. The fraction of sp³-hybridized carbons (Fsp3) is 0.600. The number of carbonyl (C=O) groups excluding carboxylic acids is 1. The van der Waals surface area contributed by atoms with Crippen molar-refractivity contribution in [2.75, 3.05) is 46.2 Å². The molecule has 0 saturated heterocycles. The Bertz CT molecular complexity index is 575. The number of carbonyl (C=O) groups is 1. The largest absolute Gasteiger partial charge is 0.465 e. The van der Waals surface area contributed by atoms with Gasteiger partial charge in [0.05, 0.1) is 12.0 Å². The van der Waals surface area contributed by atoms with Crippen LogP contribution < -0.4 is 4.90 Å². The molecule has 0 amide bonds. The van der Waals surface area contributed by atoms with E-state index in [9.17, 15) is 14.9 Å². The van der Waals surface area contributed by atoms with Gasteiger partial charge < -0.3 is 14.5 Å². The highest BCUT2D eigenvalue weighted by Gasteiger charge is 2.29. The first-order valence-electron chi connectivity index (χ1n) is 7.38. The second-order valence-corrected chi connectivity index (χ2v) is 5.66. The van der Waals surface area contributed by atoms with Gasteiger partial charge in [-0.15, -0.1) is 0 Å². The van der Waals surface area contributed by atoms with Crippen molar-refractivity contribution in [3.63, 3.8) is 0 Å². The molecule has 1 heterocycles. The van der Waals surface area contributed by atoms with Gasteiger partial charge in [-0.3, -0.25) is 10.1 Å². The number of unbranched alkanes of at least 4 members (excludes halogenated alkanes) is 1. The molecule has 0 fully saturated rings. The number of esters is 1. The maximum atomic E-state index is 11.8. The van der Waals surface area contributed by atoms with E-state index in [1.165, 1.54) is 13.2 Å². The van der Waals surface area contributed by atoms with Crippen LogP contribution in [0.3, 0.4) is 0 Å². The van der Waals surface area contributed by atoms with Gasteiger partial charge in [-0.2, -0.15) is 0 Å². The molecule has 0 bridgehead atoms. The molecule has 0 atom stereocenters. The first-order chi connectivity index (χ1) is 10.8. The maximum Gasteiger partial charge on any atom is 0.345 e. The molecule has 0 saturated carbocycles. The number of aromatic nitrogens is 1. The average Bonchev–Trinajstić information content (AvgIpc) is 2.48. The standard InChI is InChI=1S/C15H24N4O4/c1-11-10-12(15(20)23-5)13(19(21)22)14(16-11)18(4)9-7-6-8-17(2)3/h10H,6-9H2,1-5H3. The lowest BCUT2D eigenvalue weighted by Gasteiger charge is -2.20. The molecule has 0 aliphatic heterocycles. The third-order valence-corrected chi connectivity index (χ3v) is 3.40. The van der Waals surface area contributed by atoms with Crippen LogP contribution in [0.1, 0.15) is 28.9 Å². The van der Waals surface area contributed by atoms with Gasteiger partial charge in [-0.1, -0.05) is 0 Å². The number of rotatable bonds is 8. The van der Waals surface area contributed by atoms with Crippen molar-refractivity contribution in [1.29, 1.82) is 0 Å². The lowest BCUT2D eigenvalue weighted by molar-refractivity contribution is -0.384. The van der Waals surface area contributed by atoms with Crippen molar-refractivity contribution in [2.45, 2.75) is 19.8 Å². The molecule has 1 aromatic heterocycles. The van der Waals surface area contributed by atoms with Crippen LogP contribution in [0, 0.1) is 17.0 Å². The first kappa shape index (κ1) is 18.8. The van der Waals surface area contributed by atoms with E-state index >= 15 is 0 Å². The molecule has 0 spiro atoms. The van der Waals surface area contributed by atoms with Crippen molar-refractivity contribution >= 4 is 17.5 Å². The van der Waals surface area contributed by atoms with Gasteiger partial charge in [0.2, 0.25) is 5.82 Å². The highest BCUT2D eigenvalue weighted by molar-refractivity contribution is 5.96. The minimum absolute atomic E-state index is 0.0693. The fourth-order valence-corrected chi connectivity index (χ4v) is 2.24. The SMILES string of the molecule is COC(=O)c1cc(C)nc(N(C)CCCCN(C)C)c1[N+](=O)[O-]. The summed E-state index contributed by atoms with van der Waals surface area (Å²) in [4.78, 5) is 30.7. The van der Waals surface area contributed by atoms with Crippen molar-refractivity contribution in [3.05, 3.63) is 27.4 Å². The van der Waals surface area contributed by atoms with E-state index in [1.807, 2.05) is 14.1 Å². The molecule has 8 heteroatoms. The van der Waals surface area contributed by atoms with Crippen LogP contribution in [-0.2, 0) is 4.74 Å². The topological polar surface area (TPSA) is 88.8 Å². The van der Waals surface area contributed by atoms with E-state index in [4.69, 9.17) is 0 Å². The van der Waals surface area contributed by atoms with Crippen LogP contribution in [0.25, 0.3) is 0 Å². The summed E-state index contributed by atoms with van der Waals surface area (Å²) in [6.45, 7) is 3.26. The Morgan fingerprint density at radius 1 is 1.30 bits per heavy atom. The zero-order chi connectivity index (χ0) is 17.6. The van der Waals surface area contributed by atoms with E-state index in [1.54, 1.807) is 18.9 Å². The van der Waals surface area contributed by atoms with E-state index < -0.39 is 10.9 Å². The highest BCUT2D eigenvalue weighted by atomic mass is 16.6. The number of hydrogen-bond acceptors (Lipinski definition) is 7. The Hall–Kier alpha value is -2.22. The van der Waals surface area contributed by atoms with Gasteiger partial charge in [-0.05, 0) is 46.5 Å². The zero-order valence-corrected chi connectivity index (χ0v) is 14.3. The summed E-state index contributed by atoms with van der Waals surface area (Å²) >= 11 is 0. The van der Waals surface area contributed by atoms with Gasteiger partial charge in [0, 0.05) is 19.3 Å². The maximum absolute atomic E-state index is 11.8. The van der Waals surface area contributed by atoms with E-state index in [-0.39, 0.29) is 17.1 Å². The number of nitro groups is 1. The smallest absolute Gasteiger partial charge is 0.345 e. The average molecular weight is 324 g/mol. The number of methoxy groups -OCH3 is 1. The molecule has 128 valence electrons. The number of ether oxygens (including phenoxy) is 1. The summed E-state index contributed by atoms with van der Waals surface area (Å²) in [7, 11) is 6.94. The monoisotopic (exact) mass is 324 g/mol. The van der Waals surface area contributed by atoms with Crippen molar-refractivity contribution in [1.82, 2.24) is 9.88 Å². The Morgan fingerprint density at radius 2 is 1.91 bits per heavy atom. The quantitative estimate of drug-likeness (QED) is 0.312. The molecule has 23 heavy (non-hydrogen) atoms. The second kappa shape index (κ2) is 8.42. The number of aryl methyl sites for hydroxylation is 1. The molecular formula is C15H24N4O4. The summed E-state index contributed by atoms with van der Waals surface area (Å²) in [6, 6.07) is 1.38. The minimum Gasteiger partial charge on any atom is -0.465 e. The van der Waals surface area contributed by atoms with Crippen LogP contribution in [0.5, 0.6) is 0 Å². The Labute approximate surface area is 136 Å². The van der Waals surface area contributed by atoms with Crippen LogP contribution in [0.4, 0.5) is 11.5 Å².